The summed E-state index contributed by atoms with van der Waals surface area (Å²) >= 11 is 0. The maximum Gasteiger partial charge on any atom is 0.252 e. The maximum atomic E-state index is 12.9. The Morgan fingerprint density at radius 2 is 1.94 bits per heavy atom. The smallest absolute Gasteiger partial charge is 0.252 e. The average molecular weight is 410 g/mol. The van der Waals surface area contributed by atoms with E-state index in [4.69, 9.17) is 4.74 Å². The van der Waals surface area contributed by atoms with Gasteiger partial charge in [0.15, 0.2) is 0 Å². The summed E-state index contributed by atoms with van der Waals surface area (Å²) in [5.74, 6) is 0.677. The Hall–Kier alpha value is -4.06. The Morgan fingerprint density at radius 3 is 2.74 bits per heavy atom. The van der Waals surface area contributed by atoms with E-state index in [1.54, 1.807) is 19.4 Å². The van der Waals surface area contributed by atoms with E-state index in [1.165, 1.54) is 0 Å². The Morgan fingerprint density at radius 1 is 1.10 bits per heavy atom. The van der Waals surface area contributed by atoms with Gasteiger partial charge in [0.1, 0.15) is 11.4 Å². The van der Waals surface area contributed by atoms with Crippen LogP contribution in [0.3, 0.4) is 0 Å². The molecule has 3 aromatic heterocycles. The number of hydrogen-bond donors (Lipinski definition) is 2. The topological polar surface area (TPSA) is 71.9 Å². The highest BCUT2D eigenvalue weighted by Crippen LogP contribution is 2.34. The van der Waals surface area contributed by atoms with Crippen molar-refractivity contribution in [1.29, 1.82) is 0 Å². The summed E-state index contributed by atoms with van der Waals surface area (Å²) < 4.78 is 7.49. The number of rotatable bonds is 5. The van der Waals surface area contributed by atoms with Gasteiger partial charge >= 0.3 is 0 Å². The zero-order chi connectivity index (χ0) is 21.4. The van der Waals surface area contributed by atoms with Crippen molar-refractivity contribution in [3.05, 3.63) is 84.2 Å². The zero-order valence-corrected chi connectivity index (χ0v) is 17.3. The van der Waals surface area contributed by atoms with Crippen LogP contribution in [0.4, 0.5) is 0 Å². The fourth-order valence-electron chi connectivity index (χ4n) is 3.96. The van der Waals surface area contributed by atoms with Gasteiger partial charge in [0, 0.05) is 53.5 Å². The van der Waals surface area contributed by atoms with E-state index >= 15 is 0 Å². The fourth-order valence-corrected chi connectivity index (χ4v) is 3.96. The first-order chi connectivity index (χ1) is 15.1. The third-order valence-corrected chi connectivity index (χ3v) is 5.56. The number of carbonyl (C=O) groups excluding carboxylic acids is 1. The molecule has 0 radical (unpaired) electrons. The molecule has 0 bridgehead atoms. The summed E-state index contributed by atoms with van der Waals surface area (Å²) in [6, 6.07) is 19.6. The second-order valence-electron chi connectivity index (χ2n) is 7.51. The molecule has 0 aliphatic carbocycles. The van der Waals surface area contributed by atoms with Gasteiger partial charge in [-0.1, -0.05) is 30.3 Å². The predicted molar refractivity (Wildman–Crippen MR) is 122 cm³/mol. The monoisotopic (exact) mass is 410 g/mol. The molecule has 5 rings (SSSR count). The number of aromatic nitrogens is 3. The SMILES string of the molecule is COc1ccc2c(c1)c(-c1cc3c(C(=O)NCc4ccccc4)ccnc3[nH]1)cn2C. The fraction of sp³-hybridized carbons (Fsp3) is 0.120. The molecule has 0 aliphatic heterocycles. The molecule has 154 valence electrons. The van der Waals surface area contributed by atoms with Crippen molar-refractivity contribution < 1.29 is 9.53 Å². The van der Waals surface area contributed by atoms with Crippen LogP contribution in [0.15, 0.2) is 73.1 Å². The molecule has 1 amide bonds. The molecule has 6 nitrogen and oxygen atoms in total. The van der Waals surface area contributed by atoms with Crippen LogP contribution in [-0.2, 0) is 13.6 Å². The molecule has 0 spiro atoms. The third-order valence-electron chi connectivity index (χ3n) is 5.56. The van der Waals surface area contributed by atoms with Crippen molar-refractivity contribution in [2.24, 2.45) is 7.05 Å². The van der Waals surface area contributed by atoms with Gasteiger partial charge in [0.25, 0.3) is 5.91 Å². The molecule has 0 aliphatic rings. The van der Waals surface area contributed by atoms with Crippen molar-refractivity contribution in [2.45, 2.75) is 6.54 Å². The minimum Gasteiger partial charge on any atom is -0.497 e. The van der Waals surface area contributed by atoms with Crippen LogP contribution in [0.25, 0.3) is 33.2 Å². The first-order valence-corrected chi connectivity index (χ1v) is 10.1. The number of H-pyrrole nitrogens is 1. The van der Waals surface area contributed by atoms with Crippen LogP contribution in [0.1, 0.15) is 15.9 Å². The number of fused-ring (bicyclic) bond motifs is 2. The number of pyridine rings is 1. The van der Waals surface area contributed by atoms with E-state index in [2.05, 4.69) is 26.0 Å². The molecule has 5 aromatic rings. The Bertz CT molecular complexity index is 1400. The summed E-state index contributed by atoms with van der Waals surface area (Å²) in [5.41, 5.74) is 5.38. The van der Waals surface area contributed by atoms with Crippen molar-refractivity contribution in [3.8, 4) is 17.0 Å². The van der Waals surface area contributed by atoms with Crippen LogP contribution in [0.5, 0.6) is 5.75 Å². The lowest BCUT2D eigenvalue weighted by atomic mass is 10.1. The number of nitrogens with zero attached hydrogens (tertiary/aromatic N) is 2. The lowest BCUT2D eigenvalue weighted by Crippen LogP contribution is -2.22. The molecule has 0 atom stereocenters. The van der Waals surface area contributed by atoms with Gasteiger partial charge in [-0.05, 0) is 35.9 Å². The molecular formula is C25H22N4O2. The minimum absolute atomic E-state index is 0.124. The maximum absolute atomic E-state index is 12.9. The number of aromatic amines is 1. The van der Waals surface area contributed by atoms with Crippen molar-refractivity contribution >= 4 is 27.8 Å². The van der Waals surface area contributed by atoms with Crippen LogP contribution >= 0.6 is 0 Å². The molecular weight excluding hydrogens is 388 g/mol. The van der Waals surface area contributed by atoms with Crippen LogP contribution < -0.4 is 10.1 Å². The number of methoxy groups -OCH3 is 1. The van der Waals surface area contributed by atoms with E-state index in [-0.39, 0.29) is 5.91 Å². The normalized spacial score (nSPS) is 11.2. The minimum atomic E-state index is -0.124. The molecule has 6 heteroatoms. The number of aryl methyl sites for hydroxylation is 1. The highest BCUT2D eigenvalue weighted by Gasteiger charge is 2.16. The number of benzene rings is 2. The summed E-state index contributed by atoms with van der Waals surface area (Å²) in [7, 11) is 3.68. The molecule has 0 saturated carbocycles. The van der Waals surface area contributed by atoms with E-state index < -0.39 is 0 Å². The van der Waals surface area contributed by atoms with Gasteiger partial charge in [-0.3, -0.25) is 4.79 Å². The molecule has 2 aromatic carbocycles. The Labute approximate surface area is 179 Å². The van der Waals surface area contributed by atoms with E-state index in [9.17, 15) is 4.79 Å². The quantitative estimate of drug-likeness (QED) is 0.443. The van der Waals surface area contributed by atoms with Gasteiger partial charge < -0.3 is 19.6 Å². The number of carbonyl (C=O) groups is 1. The molecule has 0 fully saturated rings. The molecule has 2 N–H and O–H groups in total. The molecule has 0 unspecified atom stereocenters. The first kappa shape index (κ1) is 18.9. The number of amides is 1. The third kappa shape index (κ3) is 3.42. The summed E-state index contributed by atoms with van der Waals surface area (Å²) in [4.78, 5) is 20.7. The Kier molecular flexibility index (Phi) is 4.67. The van der Waals surface area contributed by atoms with Gasteiger partial charge in [-0.25, -0.2) is 4.98 Å². The van der Waals surface area contributed by atoms with Crippen LogP contribution in [0.2, 0.25) is 0 Å². The van der Waals surface area contributed by atoms with E-state index in [0.717, 1.165) is 38.9 Å². The number of hydrogen-bond acceptors (Lipinski definition) is 3. The summed E-state index contributed by atoms with van der Waals surface area (Å²) in [6.07, 6.45) is 3.73. The summed E-state index contributed by atoms with van der Waals surface area (Å²) in [5, 5.41) is 4.87. The number of nitrogens with one attached hydrogen (secondary N) is 2. The van der Waals surface area contributed by atoms with Crippen molar-refractivity contribution in [3.63, 3.8) is 0 Å². The second kappa shape index (κ2) is 7.65. The van der Waals surface area contributed by atoms with Crippen molar-refractivity contribution in [1.82, 2.24) is 19.9 Å². The highest BCUT2D eigenvalue weighted by atomic mass is 16.5. The Balaban J connectivity index is 1.53. The number of ether oxygens (including phenoxy) is 1. The molecule has 31 heavy (non-hydrogen) atoms. The molecule has 0 saturated heterocycles. The first-order valence-electron chi connectivity index (χ1n) is 10.1. The van der Waals surface area contributed by atoms with E-state index in [0.29, 0.717) is 17.8 Å². The predicted octanol–water partition coefficient (Wildman–Crippen LogP) is 4.66. The van der Waals surface area contributed by atoms with Gasteiger partial charge in [-0.15, -0.1) is 0 Å². The lowest BCUT2D eigenvalue weighted by molar-refractivity contribution is 0.0952. The molecule has 3 heterocycles. The average Bonchev–Trinajstić information content (AvgIpc) is 3.38. The largest absolute Gasteiger partial charge is 0.497 e. The summed E-state index contributed by atoms with van der Waals surface area (Å²) in [6.45, 7) is 0.476. The van der Waals surface area contributed by atoms with Gasteiger partial charge in [0.05, 0.1) is 12.7 Å². The van der Waals surface area contributed by atoms with Crippen LogP contribution in [-0.4, -0.2) is 27.6 Å². The standard InChI is InChI=1S/C25H22N4O2/c1-29-15-21(19-12-17(31-2)8-9-23(19)29)22-13-20-18(10-11-26-24(20)28-22)25(30)27-14-16-6-4-3-5-7-16/h3-13,15H,14H2,1-2H3,(H,26,28)(H,27,30). The second-order valence-corrected chi connectivity index (χ2v) is 7.51. The zero-order valence-electron chi connectivity index (χ0n) is 17.3. The lowest BCUT2D eigenvalue weighted by Gasteiger charge is -2.06. The van der Waals surface area contributed by atoms with Crippen molar-refractivity contribution in [2.75, 3.05) is 7.11 Å². The van der Waals surface area contributed by atoms with Crippen LogP contribution in [0, 0.1) is 0 Å². The van der Waals surface area contributed by atoms with E-state index in [1.807, 2.05) is 61.6 Å². The van der Waals surface area contributed by atoms with Gasteiger partial charge in [0.2, 0.25) is 0 Å². The van der Waals surface area contributed by atoms with Gasteiger partial charge in [-0.2, -0.15) is 0 Å². The highest BCUT2D eigenvalue weighted by molar-refractivity contribution is 6.07.